The molecule has 0 saturated heterocycles. The number of ether oxygens (including phenoxy) is 1. The molecule has 142 valence electrons. The molecule has 0 radical (unpaired) electrons. The largest absolute Gasteiger partial charge is 0.492 e. The van der Waals surface area contributed by atoms with Gasteiger partial charge in [-0.15, -0.1) is 0 Å². The van der Waals surface area contributed by atoms with Gasteiger partial charge in [0.15, 0.2) is 0 Å². The molecule has 0 heterocycles. The van der Waals surface area contributed by atoms with E-state index < -0.39 is 10.8 Å². The van der Waals surface area contributed by atoms with E-state index in [1.54, 1.807) is 7.05 Å². The van der Waals surface area contributed by atoms with E-state index in [0.29, 0.717) is 5.75 Å². The molecule has 0 aliphatic heterocycles. The SMILES string of the molecule is CN(CCOc1ccc(F)cc1)C(=O)CNC(=O)c1cccc([N+](=O)[O-])c1. The number of benzene rings is 2. The van der Waals surface area contributed by atoms with Crippen molar-refractivity contribution in [2.75, 3.05) is 26.7 Å². The van der Waals surface area contributed by atoms with Gasteiger partial charge in [-0.2, -0.15) is 0 Å². The molecule has 1 N–H and O–H groups in total. The average Bonchev–Trinajstić information content (AvgIpc) is 2.67. The van der Waals surface area contributed by atoms with Gasteiger partial charge in [-0.1, -0.05) is 6.07 Å². The van der Waals surface area contributed by atoms with E-state index in [-0.39, 0.29) is 42.7 Å². The number of halogens is 1. The molecule has 27 heavy (non-hydrogen) atoms. The summed E-state index contributed by atoms with van der Waals surface area (Å²) in [6.45, 7) is 0.212. The van der Waals surface area contributed by atoms with Crippen LogP contribution in [0.2, 0.25) is 0 Å². The maximum absolute atomic E-state index is 12.8. The van der Waals surface area contributed by atoms with Crippen LogP contribution in [0.4, 0.5) is 10.1 Å². The van der Waals surface area contributed by atoms with Crippen LogP contribution in [0.25, 0.3) is 0 Å². The van der Waals surface area contributed by atoms with Crippen molar-refractivity contribution in [1.82, 2.24) is 10.2 Å². The molecule has 9 heteroatoms. The Morgan fingerprint density at radius 2 is 1.93 bits per heavy atom. The number of nitro groups is 1. The monoisotopic (exact) mass is 375 g/mol. The van der Waals surface area contributed by atoms with E-state index in [1.807, 2.05) is 0 Å². The molecule has 8 nitrogen and oxygen atoms in total. The van der Waals surface area contributed by atoms with E-state index in [9.17, 15) is 24.1 Å². The number of nitrogens with one attached hydrogen (secondary N) is 1. The molecule has 0 atom stereocenters. The van der Waals surface area contributed by atoms with E-state index in [0.717, 1.165) is 6.07 Å². The number of nitrogens with zero attached hydrogens (tertiary/aromatic N) is 2. The van der Waals surface area contributed by atoms with Gasteiger partial charge in [-0.05, 0) is 30.3 Å². The zero-order valence-electron chi connectivity index (χ0n) is 14.6. The van der Waals surface area contributed by atoms with Gasteiger partial charge in [0.1, 0.15) is 18.2 Å². The van der Waals surface area contributed by atoms with Crippen molar-refractivity contribution in [3.63, 3.8) is 0 Å². The minimum Gasteiger partial charge on any atom is -0.492 e. The first-order chi connectivity index (χ1) is 12.9. The van der Waals surface area contributed by atoms with Gasteiger partial charge in [0.05, 0.1) is 18.0 Å². The van der Waals surface area contributed by atoms with Crippen molar-refractivity contribution < 1.29 is 23.6 Å². The Balaban J connectivity index is 1.77. The molecule has 0 bridgehead atoms. The van der Waals surface area contributed by atoms with Crippen LogP contribution < -0.4 is 10.1 Å². The Kier molecular flexibility index (Phi) is 6.81. The van der Waals surface area contributed by atoms with Crippen molar-refractivity contribution in [3.05, 3.63) is 70.0 Å². The summed E-state index contributed by atoms with van der Waals surface area (Å²) >= 11 is 0. The first kappa shape index (κ1) is 19.8. The number of likely N-dealkylation sites (N-methyl/N-ethyl adjacent to an activating group) is 1. The molecule has 0 unspecified atom stereocenters. The number of carbonyl (C=O) groups excluding carboxylic acids is 2. The average molecular weight is 375 g/mol. The smallest absolute Gasteiger partial charge is 0.270 e. The maximum atomic E-state index is 12.8. The van der Waals surface area contributed by atoms with Crippen LogP contribution in [0, 0.1) is 15.9 Å². The first-order valence-corrected chi connectivity index (χ1v) is 8.02. The maximum Gasteiger partial charge on any atom is 0.270 e. The number of non-ortho nitro benzene ring substituents is 1. The van der Waals surface area contributed by atoms with Crippen molar-refractivity contribution in [1.29, 1.82) is 0 Å². The molecule has 2 aromatic rings. The fourth-order valence-corrected chi connectivity index (χ4v) is 2.11. The number of carbonyl (C=O) groups is 2. The highest BCUT2D eigenvalue weighted by Gasteiger charge is 2.14. The Labute approximate surface area is 154 Å². The van der Waals surface area contributed by atoms with E-state index in [4.69, 9.17) is 4.74 Å². The van der Waals surface area contributed by atoms with Gasteiger partial charge >= 0.3 is 0 Å². The molecular formula is C18H18FN3O5. The number of nitro benzene ring substituents is 1. The first-order valence-electron chi connectivity index (χ1n) is 8.02. The Bertz CT molecular complexity index is 826. The summed E-state index contributed by atoms with van der Waals surface area (Å²) in [6.07, 6.45) is 0. The quantitative estimate of drug-likeness (QED) is 0.562. The lowest BCUT2D eigenvalue weighted by Gasteiger charge is -2.17. The van der Waals surface area contributed by atoms with Crippen LogP contribution in [0.15, 0.2) is 48.5 Å². The zero-order chi connectivity index (χ0) is 19.8. The highest BCUT2D eigenvalue weighted by molar-refractivity contribution is 5.96. The third-order valence-electron chi connectivity index (χ3n) is 3.65. The normalized spacial score (nSPS) is 10.1. The van der Waals surface area contributed by atoms with Crippen molar-refractivity contribution >= 4 is 17.5 Å². The standard InChI is InChI=1S/C18H18FN3O5/c1-21(9-10-27-16-7-5-14(19)6-8-16)17(23)12-20-18(24)13-3-2-4-15(11-13)22(25)26/h2-8,11H,9-10,12H2,1H3,(H,20,24). The lowest BCUT2D eigenvalue weighted by Crippen LogP contribution is -2.39. The number of amides is 2. The van der Waals surface area contributed by atoms with Gasteiger partial charge in [0.2, 0.25) is 5.91 Å². The molecule has 0 aliphatic carbocycles. The van der Waals surface area contributed by atoms with Gasteiger partial charge in [-0.3, -0.25) is 19.7 Å². The summed E-state index contributed by atoms with van der Waals surface area (Å²) in [5.41, 5.74) is -0.108. The van der Waals surface area contributed by atoms with E-state index in [2.05, 4.69) is 5.32 Å². The van der Waals surface area contributed by atoms with Crippen molar-refractivity contribution in [3.8, 4) is 5.75 Å². The van der Waals surface area contributed by atoms with Gasteiger partial charge < -0.3 is 15.0 Å². The minimum atomic E-state index is -0.600. The van der Waals surface area contributed by atoms with Crippen LogP contribution >= 0.6 is 0 Å². The molecule has 2 rings (SSSR count). The lowest BCUT2D eigenvalue weighted by molar-refractivity contribution is -0.384. The Hall–Kier alpha value is -3.49. The fraction of sp³-hybridized carbons (Fsp3) is 0.222. The highest BCUT2D eigenvalue weighted by atomic mass is 19.1. The summed E-state index contributed by atoms with van der Waals surface area (Å²) in [5, 5.41) is 13.2. The molecule has 0 aliphatic rings. The molecular weight excluding hydrogens is 357 g/mol. The summed E-state index contributed by atoms with van der Waals surface area (Å²) in [6, 6.07) is 10.7. The van der Waals surface area contributed by atoms with E-state index >= 15 is 0 Å². The van der Waals surface area contributed by atoms with Gasteiger partial charge in [0.25, 0.3) is 11.6 Å². The second kappa shape index (κ2) is 9.27. The molecule has 0 spiro atoms. The van der Waals surface area contributed by atoms with Gasteiger partial charge in [0, 0.05) is 24.7 Å². The van der Waals surface area contributed by atoms with Crippen LogP contribution in [0.5, 0.6) is 5.75 Å². The Morgan fingerprint density at radius 3 is 2.59 bits per heavy atom. The van der Waals surface area contributed by atoms with Crippen LogP contribution in [0.3, 0.4) is 0 Å². The Morgan fingerprint density at radius 1 is 1.22 bits per heavy atom. The molecule has 0 fully saturated rings. The molecule has 0 saturated carbocycles. The highest BCUT2D eigenvalue weighted by Crippen LogP contribution is 2.13. The number of hydrogen-bond acceptors (Lipinski definition) is 5. The predicted octanol–water partition coefficient (Wildman–Crippen LogP) is 2.00. The predicted molar refractivity (Wildman–Crippen MR) is 95.0 cm³/mol. The summed E-state index contributed by atoms with van der Waals surface area (Å²) in [7, 11) is 1.55. The zero-order valence-corrected chi connectivity index (χ0v) is 14.6. The summed E-state index contributed by atoms with van der Waals surface area (Å²) in [4.78, 5) is 35.6. The molecule has 2 aromatic carbocycles. The summed E-state index contributed by atoms with van der Waals surface area (Å²) in [5.74, 6) is -0.815. The molecule has 2 amide bonds. The minimum absolute atomic E-state index is 0.0966. The van der Waals surface area contributed by atoms with Crippen LogP contribution in [-0.4, -0.2) is 48.4 Å². The third kappa shape index (κ3) is 6.07. The summed E-state index contributed by atoms with van der Waals surface area (Å²) < 4.78 is 18.2. The van der Waals surface area contributed by atoms with Gasteiger partial charge in [-0.25, -0.2) is 4.39 Å². The second-order valence-electron chi connectivity index (χ2n) is 5.61. The number of hydrogen-bond donors (Lipinski definition) is 1. The fourth-order valence-electron chi connectivity index (χ4n) is 2.11. The third-order valence-corrected chi connectivity index (χ3v) is 3.65. The lowest BCUT2D eigenvalue weighted by atomic mass is 10.2. The van der Waals surface area contributed by atoms with Crippen molar-refractivity contribution in [2.24, 2.45) is 0 Å². The number of rotatable bonds is 8. The topological polar surface area (TPSA) is 102 Å². The molecule has 0 aromatic heterocycles. The van der Waals surface area contributed by atoms with Crippen LogP contribution in [0.1, 0.15) is 10.4 Å². The second-order valence-corrected chi connectivity index (χ2v) is 5.61. The van der Waals surface area contributed by atoms with Crippen molar-refractivity contribution in [2.45, 2.75) is 0 Å². The van der Waals surface area contributed by atoms with Crippen LogP contribution in [-0.2, 0) is 4.79 Å². The van der Waals surface area contributed by atoms with E-state index in [1.165, 1.54) is 47.4 Å².